The Hall–Kier alpha value is -2.66. The first-order chi connectivity index (χ1) is 15.0. The molecule has 1 fully saturated rings. The number of hydrogen-bond acceptors (Lipinski definition) is 7. The molecule has 0 aliphatic carbocycles. The first-order valence-corrected chi connectivity index (χ1v) is 12.9. The summed E-state index contributed by atoms with van der Waals surface area (Å²) in [5.74, 6) is -2.80. The van der Waals surface area contributed by atoms with Gasteiger partial charge in [-0.2, -0.15) is 0 Å². The van der Waals surface area contributed by atoms with E-state index in [0.717, 1.165) is 15.8 Å². The first-order valence-electron chi connectivity index (χ1n) is 10.1. The molecular formula is C21H23F2N5O2S2. The molecule has 0 radical (unpaired) electrons. The van der Waals surface area contributed by atoms with Gasteiger partial charge in [0.15, 0.2) is 0 Å². The molecule has 1 amide bonds. The molecule has 32 heavy (non-hydrogen) atoms. The average Bonchev–Trinajstić information content (AvgIpc) is 2.98. The molecule has 4 heterocycles. The Morgan fingerprint density at radius 3 is 2.84 bits per heavy atom. The van der Waals surface area contributed by atoms with Crippen LogP contribution in [-0.2, 0) is 9.73 Å². The number of rotatable bonds is 4. The largest absolute Gasteiger partial charge is 0.356 e. The Bertz CT molecular complexity index is 1290. The zero-order chi connectivity index (χ0) is 23.1. The van der Waals surface area contributed by atoms with Crippen LogP contribution in [0.2, 0.25) is 0 Å². The zero-order valence-electron chi connectivity index (χ0n) is 17.7. The molecule has 1 atom stereocenters. The van der Waals surface area contributed by atoms with E-state index >= 15 is 0 Å². The molecule has 3 aromatic rings. The van der Waals surface area contributed by atoms with E-state index in [1.165, 1.54) is 29.9 Å². The molecule has 170 valence electrons. The lowest BCUT2D eigenvalue weighted by atomic mass is 10.1. The highest BCUT2D eigenvalue weighted by atomic mass is 32.2. The first kappa shape index (κ1) is 22.5. The van der Waals surface area contributed by atoms with Gasteiger partial charge in [0.05, 0.1) is 25.5 Å². The number of aryl methyl sites for hydroxylation is 1. The molecule has 1 saturated heterocycles. The minimum Gasteiger partial charge on any atom is -0.356 e. The number of fused-ring (bicyclic) bond motifs is 1. The fourth-order valence-corrected chi connectivity index (χ4v) is 5.18. The number of halogens is 2. The minimum absolute atomic E-state index is 0.0627. The topological polar surface area (TPSA) is 99.0 Å². The maximum absolute atomic E-state index is 13.9. The third kappa shape index (κ3) is 4.73. The lowest BCUT2D eigenvalue weighted by molar-refractivity contribution is -0.0102. The molecule has 1 aliphatic rings. The molecule has 0 aromatic carbocycles. The summed E-state index contributed by atoms with van der Waals surface area (Å²) in [5, 5.41) is 4.76. The highest BCUT2D eigenvalue weighted by Gasteiger charge is 2.33. The summed E-state index contributed by atoms with van der Waals surface area (Å²) in [6, 6.07) is 4.68. The number of carbonyl (C=O) groups is 1. The van der Waals surface area contributed by atoms with Crippen LogP contribution in [0, 0.1) is 11.7 Å². The van der Waals surface area contributed by atoms with Crippen LogP contribution in [0.25, 0.3) is 10.2 Å². The lowest BCUT2D eigenvalue weighted by Crippen LogP contribution is -2.29. The normalized spacial score (nSPS) is 18.2. The van der Waals surface area contributed by atoms with Gasteiger partial charge < -0.3 is 10.2 Å². The number of anilines is 2. The van der Waals surface area contributed by atoms with Gasteiger partial charge in [-0.15, -0.1) is 11.3 Å². The number of nitrogens with one attached hydrogen (secondary N) is 2. The Kier molecular flexibility index (Phi) is 5.89. The van der Waals surface area contributed by atoms with Gasteiger partial charge in [0.1, 0.15) is 10.8 Å². The van der Waals surface area contributed by atoms with Crippen molar-refractivity contribution >= 4 is 48.7 Å². The Morgan fingerprint density at radius 1 is 1.31 bits per heavy atom. The molecule has 1 unspecified atom stereocenters. The van der Waals surface area contributed by atoms with Crippen LogP contribution in [0.15, 0.2) is 34.8 Å². The van der Waals surface area contributed by atoms with Crippen molar-refractivity contribution in [2.75, 3.05) is 29.6 Å². The number of alkyl halides is 2. The van der Waals surface area contributed by atoms with Crippen molar-refractivity contribution in [3.05, 3.63) is 40.9 Å². The smallest absolute Gasteiger partial charge is 0.259 e. The van der Waals surface area contributed by atoms with E-state index in [1.807, 2.05) is 12.3 Å². The number of amides is 1. The molecule has 7 nitrogen and oxygen atoms in total. The molecule has 0 saturated carbocycles. The van der Waals surface area contributed by atoms with E-state index < -0.39 is 21.6 Å². The maximum Gasteiger partial charge on any atom is 0.259 e. The number of carbonyl (C=O) groups excluding carboxylic acids is 1. The summed E-state index contributed by atoms with van der Waals surface area (Å²) >= 11 is 1.46. The van der Waals surface area contributed by atoms with Crippen LogP contribution < -0.4 is 10.2 Å². The van der Waals surface area contributed by atoms with Crippen LogP contribution in [0.3, 0.4) is 0 Å². The predicted molar refractivity (Wildman–Crippen MR) is 123 cm³/mol. The van der Waals surface area contributed by atoms with Gasteiger partial charge in [-0.25, -0.2) is 27.7 Å². The Labute approximate surface area is 188 Å². The number of aromatic nitrogens is 2. The number of thiophene rings is 1. The summed E-state index contributed by atoms with van der Waals surface area (Å²) in [4.78, 5) is 23.7. The van der Waals surface area contributed by atoms with Gasteiger partial charge in [-0.3, -0.25) is 4.79 Å². The number of nitrogens with zero attached hydrogens (tertiary/aromatic N) is 3. The van der Waals surface area contributed by atoms with Gasteiger partial charge in [-0.05, 0) is 42.5 Å². The fraction of sp³-hybridized carbons (Fsp3) is 0.381. The van der Waals surface area contributed by atoms with E-state index in [-0.39, 0.29) is 30.0 Å². The van der Waals surface area contributed by atoms with Crippen molar-refractivity contribution in [2.24, 2.45) is 0 Å². The van der Waals surface area contributed by atoms with Crippen molar-refractivity contribution in [2.45, 2.75) is 37.1 Å². The molecule has 0 spiro atoms. The molecule has 0 bridgehead atoms. The van der Waals surface area contributed by atoms with Crippen LogP contribution in [0.1, 0.15) is 35.2 Å². The quantitative estimate of drug-likeness (QED) is 0.554. The summed E-state index contributed by atoms with van der Waals surface area (Å²) in [6.07, 6.45) is 2.46. The van der Waals surface area contributed by atoms with Gasteiger partial charge in [-0.1, -0.05) is 0 Å². The second-order valence-electron chi connectivity index (χ2n) is 8.00. The van der Waals surface area contributed by atoms with Crippen molar-refractivity contribution in [3.8, 4) is 0 Å². The average molecular weight is 480 g/mol. The third-order valence-electron chi connectivity index (χ3n) is 5.36. The number of hydrogen-bond donors (Lipinski definition) is 2. The molecular weight excluding hydrogens is 456 g/mol. The summed E-state index contributed by atoms with van der Waals surface area (Å²) in [6.45, 7) is 2.41. The summed E-state index contributed by atoms with van der Waals surface area (Å²) < 4.78 is 48.4. The summed E-state index contributed by atoms with van der Waals surface area (Å²) in [5.41, 5.74) is 2.35. The SMILES string of the molecule is Cc1csc2cc(C(=O)Nc3ccnc(S(C)(=N)=O)c3)c(N3CCCC(F)(F)CC3)nc12. The third-order valence-corrected chi connectivity index (χ3v) is 7.42. The van der Waals surface area contributed by atoms with E-state index in [1.54, 1.807) is 17.0 Å². The van der Waals surface area contributed by atoms with E-state index in [4.69, 9.17) is 9.76 Å². The second-order valence-corrected chi connectivity index (χ2v) is 11.0. The molecule has 2 N–H and O–H groups in total. The van der Waals surface area contributed by atoms with Crippen LogP contribution >= 0.6 is 11.3 Å². The van der Waals surface area contributed by atoms with Gasteiger partial charge in [0.2, 0.25) is 5.92 Å². The van der Waals surface area contributed by atoms with Crippen LogP contribution in [-0.4, -0.2) is 45.4 Å². The van der Waals surface area contributed by atoms with Crippen molar-refractivity contribution in [1.82, 2.24) is 9.97 Å². The second kappa shape index (κ2) is 8.36. The number of pyridine rings is 2. The maximum atomic E-state index is 13.9. The van der Waals surface area contributed by atoms with E-state index in [0.29, 0.717) is 24.5 Å². The standard InChI is InChI=1S/C21H23F2N5O2S2/c1-13-12-31-16-11-15(20(29)26-14-4-7-25-17(10-14)32(2,24)30)19(27-18(13)16)28-8-3-5-21(22,23)6-9-28/h4,7,10-12,24H,3,5-6,8-9H2,1-2H3,(H,25,26,29). The molecule has 3 aromatic heterocycles. The predicted octanol–water partition coefficient (Wildman–Crippen LogP) is 4.91. The lowest BCUT2D eigenvalue weighted by Gasteiger charge is -2.24. The minimum atomic E-state index is -3.04. The summed E-state index contributed by atoms with van der Waals surface area (Å²) in [7, 11) is -3.04. The molecule has 4 rings (SSSR count). The highest BCUT2D eigenvalue weighted by molar-refractivity contribution is 7.91. The molecule has 1 aliphatic heterocycles. The van der Waals surface area contributed by atoms with Gasteiger partial charge in [0.25, 0.3) is 5.91 Å². The highest BCUT2D eigenvalue weighted by Crippen LogP contribution is 2.34. The van der Waals surface area contributed by atoms with Crippen LogP contribution in [0.5, 0.6) is 0 Å². The Morgan fingerprint density at radius 2 is 2.09 bits per heavy atom. The zero-order valence-corrected chi connectivity index (χ0v) is 19.3. The fourth-order valence-electron chi connectivity index (χ4n) is 3.65. The monoisotopic (exact) mass is 479 g/mol. The van der Waals surface area contributed by atoms with Gasteiger partial charge >= 0.3 is 0 Å². The van der Waals surface area contributed by atoms with Crippen molar-refractivity contribution < 1.29 is 17.8 Å². The van der Waals surface area contributed by atoms with E-state index in [2.05, 4.69) is 10.3 Å². The Balaban J connectivity index is 1.72. The van der Waals surface area contributed by atoms with Crippen molar-refractivity contribution in [1.29, 1.82) is 4.78 Å². The van der Waals surface area contributed by atoms with Crippen molar-refractivity contribution in [3.63, 3.8) is 0 Å². The van der Waals surface area contributed by atoms with Gasteiger partial charge in [0, 0.05) is 44.1 Å². The molecule has 11 heteroatoms. The van der Waals surface area contributed by atoms with E-state index in [9.17, 15) is 17.8 Å². The van der Waals surface area contributed by atoms with Crippen LogP contribution in [0.4, 0.5) is 20.3 Å².